The van der Waals surface area contributed by atoms with E-state index >= 15 is 0 Å². The monoisotopic (exact) mass is 342 g/mol. The van der Waals surface area contributed by atoms with E-state index in [1.165, 1.54) is 37.3 Å². The SMILES string of the molecule is CCC=CC1CCC(c2ccc(-c3ccc(Cl)c(F)c3)cc2)CC1. The van der Waals surface area contributed by atoms with Gasteiger partial charge in [0.25, 0.3) is 0 Å². The maximum Gasteiger partial charge on any atom is 0.142 e. The first-order valence-electron chi connectivity index (χ1n) is 8.89. The van der Waals surface area contributed by atoms with Gasteiger partial charge in [-0.3, -0.25) is 0 Å². The summed E-state index contributed by atoms with van der Waals surface area (Å²) in [6.07, 6.45) is 10.9. The van der Waals surface area contributed by atoms with Crippen molar-refractivity contribution in [2.75, 3.05) is 0 Å². The van der Waals surface area contributed by atoms with Crippen LogP contribution in [-0.4, -0.2) is 0 Å². The predicted molar refractivity (Wildman–Crippen MR) is 101 cm³/mol. The fourth-order valence-corrected chi connectivity index (χ4v) is 3.71. The molecule has 126 valence electrons. The summed E-state index contributed by atoms with van der Waals surface area (Å²) in [5.41, 5.74) is 3.32. The van der Waals surface area contributed by atoms with Gasteiger partial charge in [0.15, 0.2) is 0 Å². The molecule has 0 spiro atoms. The Balaban J connectivity index is 1.67. The number of hydrogen-bond donors (Lipinski definition) is 0. The Morgan fingerprint density at radius 3 is 2.29 bits per heavy atom. The molecule has 0 saturated heterocycles. The molecule has 0 radical (unpaired) electrons. The van der Waals surface area contributed by atoms with Crippen molar-refractivity contribution < 1.29 is 4.39 Å². The van der Waals surface area contributed by atoms with Crippen molar-refractivity contribution in [3.05, 3.63) is 71.0 Å². The van der Waals surface area contributed by atoms with E-state index in [4.69, 9.17) is 11.6 Å². The molecule has 0 nitrogen and oxygen atoms in total. The zero-order chi connectivity index (χ0) is 16.9. The molecule has 0 heterocycles. The maximum absolute atomic E-state index is 13.6. The lowest BCUT2D eigenvalue weighted by Crippen LogP contribution is -2.11. The van der Waals surface area contributed by atoms with Crippen LogP contribution in [0.5, 0.6) is 0 Å². The highest BCUT2D eigenvalue weighted by Crippen LogP contribution is 2.37. The summed E-state index contributed by atoms with van der Waals surface area (Å²) >= 11 is 5.76. The van der Waals surface area contributed by atoms with Crippen LogP contribution in [0.2, 0.25) is 5.02 Å². The van der Waals surface area contributed by atoms with Crippen LogP contribution < -0.4 is 0 Å². The highest BCUT2D eigenvalue weighted by Gasteiger charge is 2.20. The van der Waals surface area contributed by atoms with E-state index < -0.39 is 0 Å². The third kappa shape index (κ3) is 4.08. The molecule has 0 atom stereocenters. The van der Waals surface area contributed by atoms with Crippen molar-refractivity contribution in [3.8, 4) is 11.1 Å². The summed E-state index contributed by atoms with van der Waals surface area (Å²) in [5, 5.41) is 0.171. The number of allylic oxidation sites excluding steroid dienone is 2. The van der Waals surface area contributed by atoms with Crippen LogP contribution in [0, 0.1) is 11.7 Å². The molecule has 1 aliphatic carbocycles. The topological polar surface area (TPSA) is 0 Å². The number of hydrogen-bond acceptors (Lipinski definition) is 0. The molecule has 2 aromatic rings. The summed E-state index contributed by atoms with van der Waals surface area (Å²) < 4.78 is 13.6. The van der Waals surface area contributed by atoms with Crippen LogP contribution in [0.25, 0.3) is 11.1 Å². The summed E-state index contributed by atoms with van der Waals surface area (Å²) in [4.78, 5) is 0. The standard InChI is InChI=1S/C22H24ClF/c1-2-3-4-16-5-7-17(8-6-16)18-9-11-19(12-10-18)20-13-14-21(23)22(24)15-20/h3-4,9-17H,2,5-8H2,1H3. The van der Waals surface area contributed by atoms with Crippen molar-refractivity contribution in [1.29, 1.82) is 0 Å². The van der Waals surface area contributed by atoms with E-state index in [0.717, 1.165) is 23.5 Å². The minimum absolute atomic E-state index is 0.171. The van der Waals surface area contributed by atoms with Gasteiger partial charge in [-0.1, -0.05) is 61.0 Å². The van der Waals surface area contributed by atoms with Gasteiger partial charge in [-0.25, -0.2) is 4.39 Å². The molecule has 0 amide bonds. The number of rotatable bonds is 4. The molecule has 24 heavy (non-hydrogen) atoms. The Labute approximate surface area is 149 Å². The highest BCUT2D eigenvalue weighted by atomic mass is 35.5. The molecule has 0 unspecified atom stereocenters. The van der Waals surface area contributed by atoms with Crippen LogP contribution >= 0.6 is 11.6 Å². The quantitative estimate of drug-likeness (QED) is 0.508. The highest BCUT2D eigenvalue weighted by molar-refractivity contribution is 6.30. The molecular formula is C22H24ClF. The minimum Gasteiger partial charge on any atom is -0.205 e. The molecule has 1 fully saturated rings. The van der Waals surface area contributed by atoms with E-state index in [1.54, 1.807) is 6.07 Å². The smallest absolute Gasteiger partial charge is 0.142 e. The van der Waals surface area contributed by atoms with Gasteiger partial charge in [0, 0.05) is 0 Å². The fourth-order valence-electron chi connectivity index (χ4n) is 3.60. The lowest BCUT2D eigenvalue weighted by molar-refractivity contribution is 0.375. The molecule has 1 saturated carbocycles. The molecule has 0 N–H and O–H groups in total. The third-order valence-electron chi connectivity index (χ3n) is 5.05. The van der Waals surface area contributed by atoms with Crippen LogP contribution in [0.4, 0.5) is 4.39 Å². The van der Waals surface area contributed by atoms with Crippen molar-refractivity contribution >= 4 is 11.6 Å². The van der Waals surface area contributed by atoms with Crippen LogP contribution in [-0.2, 0) is 0 Å². The van der Waals surface area contributed by atoms with Gasteiger partial charge in [-0.05, 0) is 72.8 Å². The van der Waals surface area contributed by atoms with Crippen LogP contribution in [0.15, 0.2) is 54.6 Å². The lowest BCUT2D eigenvalue weighted by Gasteiger charge is -2.27. The molecule has 0 aromatic heterocycles. The second kappa shape index (κ2) is 7.98. The predicted octanol–water partition coefficient (Wildman–Crippen LogP) is 7.39. The Kier molecular flexibility index (Phi) is 5.73. The fraction of sp³-hybridized carbons (Fsp3) is 0.364. The van der Waals surface area contributed by atoms with E-state index in [0.29, 0.717) is 5.92 Å². The van der Waals surface area contributed by atoms with Crippen LogP contribution in [0.3, 0.4) is 0 Å². The van der Waals surface area contributed by atoms with Gasteiger partial charge in [-0.15, -0.1) is 0 Å². The molecule has 2 aromatic carbocycles. The van der Waals surface area contributed by atoms with Crippen LogP contribution in [0.1, 0.15) is 50.5 Å². The zero-order valence-electron chi connectivity index (χ0n) is 14.1. The number of halogens is 2. The van der Waals surface area contributed by atoms with Gasteiger partial charge >= 0.3 is 0 Å². The summed E-state index contributed by atoms with van der Waals surface area (Å²) in [6, 6.07) is 13.6. The van der Waals surface area contributed by atoms with Crippen molar-refractivity contribution in [1.82, 2.24) is 0 Å². The molecule has 0 aliphatic heterocycles. The van der Waals surface area contributed by atoms with Gasteiger partial charge in [0.2, 0.25) is 0 Å². The molecule has 1 aliphatic rings. The molecule has 2 heteroatoms. The van der Waals surface area contributed by atoms with Crippen molar-refractivity contribution in [3.63, 3.8) is 0 Å². The Morgan fingerprint density at radius 1 is 1.00 bits per heavy atom. The normalized spacial score (nSPS) is 21.3. The minimum atomic E-state index is -0.364. The van der Waals surface area contributed by atoms with E-state index in [2.05, 4.69) is 43.3 Å². The molecular weight excluding hydrogens is 319 g/mol. The molecule has 3 rings (SSSR count). The van der Waals surface area contributed by atoms with E-state index in [1.807, 2.05) is 6.07 Å². The Morgan fingerprint density at radius 2 is 1.67 bits per heavy atom. The number of benzene rings is 2. The summed E-state index contributed by atoms with van der Waals surface area (Å²) in [5.74, 6) is 1.06. The van der Waals surface area contributed by atoms with Crippen molar-refractivity contribution in [2.45, 2.75) is 44.9 Å². The first kappa shape index (κ1) is 17.2. The van der Waals surface area contributed by atoms with E-state index in [-0.39, 0.29) is 10.8 Å². The van der Waals surface area contributed by atoms with Crippen molar-refractivity contribution in [2.24, 2.45) is 5.92 Å². The Bertz CT molecular complexity index is 694. The largest absolute Gasteiger partial charge is 0.205 e. The van der Waals surface area contributed by atoms with Gasteiger partial charge in [-0.2, -0.15) is 0 Å². The third-order valence-corrected chi connectivity index (χ3v) is 5.36. The average molecular weight is 343 g/mol. The zero-order valence-corrected chi connectivity index (χ0v) is 14.9. The van der Waals surface area contributed by atoms with Gasteiger partial charge in [0.1, 0.15) is 5.82 Å². The second-order valence-corrected chi connectivity index (χ2v) is 7.11. The van der Waals surface area contributed by atoms with Gasteiger partial charge in [0.05, 0.1) is 5.02 Å². The lowest BCUT2D eigenvalue weighted by atomic mass is 9.78. The Hall–Kier alpha value is -1.60. The van der Waals surface area contributed by atoms with E-state index in [9.17, 15) is 4.39 Å². The summed E-state index contributed by atoms with van der Waals surface area (Å²) in [6.45, 7) is 2.19. The first-order valence-corrected chi connectivity index (χ1v) is 9.27. The second-order valence-electron chi connectivity index (χ2n) is 6.70. The summed E-state index contributed by atoms with van der Waals surface area (Å²) in [7, 11) is 0. The average Bonchev–Trinajstić information content (AvgIpc) is 2.63. The molecule has 0 bridgehead atoms. The maximum atomic E-state index is 13.6. The first-order chi connectivity index (χ1) is 11.7. The van der Waals surface area contributed by atoms with Gasteiger partial charge < -0.3 is 0 Å².